The van der Waals surface area contributed by atoms with Crippen molar-refractivity contribution < 1.29 is 9.53 Å². The Hall–Kier alpha value is -2.97. The average molecular weight is 333 g/mol. The summed E-state index contributed by atoms with van der Waals surface area (Å²) in [6, 6.07) is 12.9. The lowest BCUT2D eigenvalue weighted by Crippen LogP contribution is -2.36. The molecule has 2 aromatic rings. The van der Waals surface area contributed by atoms with Gasteiger partial charge in [-0.1, -0.05) is 12.1 Å². The van der Waals surface area contributed by atoms with Crippen molar-refractivity contribution >= 4 is 17.7 Å². The number of nitrogens with zero attached hydrogens (tertiary/aromatic N) is 3. The van der Waals surface area contributed by atoms with Crippen molar-refractivity contribution in [3.05, 3.63) is 66.0 Å². The van der Waals surface area contributed by atoms with Crippen molar-refractivity contribution in [2.45, 2.75) is 18.9 Å². The first-order valence-corrected chi connectivity index (χ1v) is 8.27. The van der Waals surface area contributed by atoms with E-state index in [-0.39, 0.29) is 12.0 Å². The normalized spacial score (nSPS) is 16.7. The maximum atomic E-state index is 12.8. The second kappa shape index (κ2) is 8.22. The fraction of sp³-hybridized carbons (Fsp3) is 0.250. The topological polar surface area (TPSA) is 66.2 Å². The smallest absolute Gasteiger partial charge is 0.251 e. The summed E-state index contributed by atoms with van der Waals surface area (Å²) in [4.78, 5) is 18.5. The van der Waals surface area contributed by atoms with Crippen LogP contribution in [0, 0.1) is 11.3 Å². The fourth-order valence-corrected chi connectivity index (χ4v) is 2.81. The van der Waals surface area contributed by atoms with Crippen LogP contribution >= 0.6 is 0 Å². The number of nitriles is 1. The number of rotatable bonds is 5. The van der Waals surface area contributed by atoms with Crippen LogP contribution in [-0.4, -0.2) is 30.1 Å². The van der Waals surface area contributed by atoms with Gasteiger partial charge in [-0.3, -0.25) is 9.78 Å². The van der Waals surface area contributed by atoms with Crippen molar-refractivity contribution in [1.29, 1.82) is 5.26 Å². The summed E-state index contributed by atoms with van der Waals surface area (Å²) in [6.07, 6.45) is 8.66. The zero-order valence-electron chi connectivity index (χ0n) is 13.8. The Morgan fingerprint density at radius 2 is 2.20 bits per heavy atom. The molecule has 126 valence electrons. The minimum absolute atomic E-state index is 0.0624. The Morgan fingerprint density at radius 3 is 2.92 bits per heavy atom. The van der Waals surface area contributed by atoms with E-state index in [1.165, 1.54) is 6.08 Å². The molecule has 5 heteroatoms. The van der Waals surface area contributed by atoms with Crippen LogP contribution in [0.4, 0.5) is 5.69 Å². The Labute approximate surface area is 147 Å². The highest BCUT2D eigenvalue weighted by Gasteiger charge is 2.22. The molecule has 0 bridgehead atoms. The third kappa shape index (κ3) is 4.52. The van der Waals surface area contributed by atoms with Crippen molar-refractivity contribution in [3.63, 3.8) is 0 Å². The van der Waals surface area contributed by atoms with Crippen LogP contribution in [0.5, 0.6) is 0 Å². The van der Waals surface area contributed by atoms with Crippen LogP contribution in [0.3, 0.4) is 0 Å². The van der Waals surface area contributed by atoms with Gasteiger partial charge in [0.1, 0.15) is 0 Å². The SMILES string of the molecule is N#Cc1cccc(C=CC(=O)N(CC2CCCO2)c2ccncc2)c1. The van der Waals surface area contributed by atoms with Crippen molar-refractivity contribution in [2.24, 2.45) is 0 Å². The number of hydrogen-bond acceptors (Lipinski definition) is 4. The third-order valence-corrected chi connectivity index (χ3v) is 4.08. The molecule has 25 heavy (non-hydrogen) atoms. The first kappa shape index (κ1) is 16.9. The van der Waals surface area contributed by atoms with E-state index in [9.17, 15) is 4.79 Å². The second-order valence-corrected chi connectivity index (χ2v) is 5.86. The van der Waals surface area contributed by atoms with Gasteiger partial charge in [0.05, 0.1) is 24.3 Å². The molecule has 0 aliphatic carbocycles. The van der Waals surface area contributed by atoms with Gasteiger partial charge < -0.3 is 9.64 Å². The van der Waals surface area contributed by atoms with Crippen LogP contribution in [0.25, 0.3) is 6.08 Å². The highest BCUT2D eigenvalue weighted by Crippen LogP contribution is 2.19. The van der Waals surface area contributed by atoms with Gasteiger partial charge in [0.15, 0.2) is 0 Å². The number of ether oxygens (including phenoxy) is 1. The number of benzene rings is 1. The molecule has 2 heterocycles. The zero-order chi connectivity index (χ0) is 17.5. The van der Waals surface area contributed by atoms with Crippen LogP contribution in [0.2, 0.25) is 0 Å². The van der Waals surface area contributed by atoms with E-state index in [2.05, 4.69) is 11.1 Å². The number of pyridine rings is 1. The monoisotopic (exact) mass is 333 g/mol. The number of aromatic nitrogens is 1. The Morgan fingerprint density at radius 1 is 1.36 bits per heavy atom. The third-order valence-electron chi connectivity index (χ3n) is 4.08. The Balaban J connectivity index is 1.78. The number of carbonyl (C=O) groups excluding carboxylic acids is 1. The summed E-state index contributed by atoms with van der Waals surface area (Å²) >= 11 is 0. The standard InChI is InChI=1S/C20H19N3O2/c21-14-17-4-1-3-16(13-17)6-7-20(24)23(15-19-5-2-12-25-19)18-8-10-22-11-9-18/h1,3-4,6-11,13,19H,2,5,12,15H2. The molecule has 3 rings (SSSR count). The summed E-state index contributed by atoms with van der Waals surface area (Å²) in [5.41, 5.74) is 2.19. The maximum Gasteiger partial charge on any atom is 0.251 e. The van der Waals surface area contributed by atoms with E-state index in [1.807, 2.05) is 18.2 Å². The molecule has 0 spiro atoms. The lowest BCUT2D eigenvalue weighted by atomic mass is 10.1. The quantitative estimate of drug-likeness (QED) is 0.788. The van der Waals surface area contributed by atoms with Gasteiger partial charge in [0.25, 0.3) is 5.91 Å². The van der Waals surface area contributed by atoms with Gasteiger partial charge in [-0.2, -0.15) is 5.26 Å². The first-order valence-electron chi connectivity index (χ1n) is 8.27. The molecule has 1 amide bonds. The summed E-state index contributed by atoms with van der Waals surface area (Å²) in [7, 11) is 0. The molecule has 1 atom stereocenters. The number of carbonyl (C=O) groups is 1. The molecule has 1 unspecified atom stereocenters. The minimum atomic E-state index is -0.121. The number of amides is 1. The van der Waals surface area contributed by atoms with Crippen molar-refractivity contribution in [1.82, 2.24) is 4.98 Å². The highest BCUT2D eigenvalue weighted by atomic mass is 16.5. The van der Waals surface area contributed by atoms with Crippen molar-refractivity contribution in [3.8, 4) is 6.07 Å². The van der Waals surface area contributed by atoms with E-state index in [1.54, 1.807) is 41.6 Å². The molecule has 5 nitrogen and oxygen atoms in total. The summed E-state index contributed by atoms with van der Waals surface area (Å²) in [5, 5.41) is 8.97. The highest BCUT2D eigenvalue weighted by molar-refractivity contribution is 6.03. The molecule has 1 aliphatic heterocycles. The molecule has 1 fully saturated rings. The van der Waals surface area contributed by atoms with Gasteiger partial charge in [-0.05, 0) is 48.7 Å². The molecule has 1 aromatic heterocycles. The molecular weight excluding hydrogens is 314 g/mol. The first-order chi connectivity index (χ1) is 12.3. The molecule has 1 saturated heterocycles. The molecule has 1 aromatic carbocycles. The van der Waals surface area contributed by atoms with E-state index in [0.29, 0.717) is 12.1 Å². The average Bonchev–Trinajstić information content (AvgIpc) is 3.18. The number of hydrogen-bond donors (Lipinski definition) is 0. The van der Waals surface area contributed by atoms with E-state index < -0.39 is 0 Å². The van der Waals surface area contributed by atoms with Crippen molar-refractivity contribution in [2.75, 3.05) is 18.1 Å². The molecular formula is C20H19N3O2. The fourth-order valence-electron chi connectivity index (χ4n) is 2.81. The minimum Gasteiger partial charge on any atom is -0.376 e. The molecule has 0 saturated carbocycles. The predicted molar refractivity (Wildman–Crippen MR) is 95.8 cm³/mol. The van der Waals surface area contributed by atoms with Gasteiger partial charge in [-0.25, -0.2) is 0 Å². The summed E-state index contributed by atoms with van der Waals surface area (Å²) < 4.78 is 5.68. The maximum absolute atomic E-state index is 12.8. The second-order valence-electron chi connectivity index (χ2n) is 5.86. The van der Waals surface area contributed by atoms with E-state index in [0.717, 1.165) is 30.7 Å². The van der Waals surface area contributed by atoms with Crippen LogP contribution in [0.15, 0.2) is 54.9 Å². The Kier molecular flexibility index (Phi) is 5.55. The molecule has 1 aliphatic rings. The van der Waals surface area contributed by atoms with Gasteiger partial charge in [0.2, 0.25) is 0 Å². The molecule has 0 N–H and O–H groups in total. The van der Waals surface area contributed by atoms with E-state index in [4.69, 9.17) is 10.00 Å². The summed E-state index contributed by atoms with van der Waals surface area (Å²) in [5.74, 6) is -0.121. The lowest BCUT2D eigenvalue weighted by Gasteiger charge is -2.24. The lowest BCUT2D eigenvalue weighted by molar-refractivity contribution is -0.114. The number of anilines is 1. The summed E-state index contributed by atoms with van der Waals surface area (Å²) in [6.45, 7) is 1.27. The Bertz CT molecular complexity index is 790. The van der Waals surface area contributed by atoms with Crippen LogP contribution in [-0.2, 0) is 9.53 Å². The predicted octanol–water partition coefficient (Wildman–Crippen LogP) is 3.18. The molecule has 0 radical (unpaired) electrons. The van der Waals surface area contributed by atoms with Gasteiger partial charge >= 0.3 is 0 Å². The van der Waals surface area contributed by atoms with E-state index >= 15 is 0 Å². The van der Waals surface area contributed by atoms with Gasteiger partial charge in [-0.15, -0.1) is 0 Å². The zero-order valence-corrected chi connectivity index (χ0v) is 13.8. The van der Waals surface area contributed by atoms with Crippen LogP contribution in [0.1, 0.15) is 24.0 Å². The largest absolute Gasteiger partial charge is 0.376 e. The van der Waals surface area contributed by atoms with Gasteiger partial charge in [0, 0.05) is 30.8 Å². The van der Waals surface area contributed by atoms with Crippen LogP contribution < -0.4 is 4.90 Å².